The Balaban J connectivity index is 1.16. The van der Waals surface area contributed by atoms with Crippen LogP contribution in [0.4, 0.5) is 4.39 Å². The standard InChI is InChI=1S/C34H49F/c1-2-3-4-6-27-10-18-31(19-11-27)33-22-14-29(15-23-33)8-9-30-16-24-34(25-17-30)32-20-12-28(13-21-32)7-5-26-35/h10-11,14-15,18-19,22-23,28,30,32,34H,2-9,12-13,16-17,20-21,24-26H2,1H3/t28-,30-,32-,34-. The summed E-state index contributed by atoms with van der Waals surface area (Å²) in [6.07, 6.45) is 21.0. The predicted molar refractivity (Wildman–Crippen MR) is 150 cm³/mol. The van der Waals surface area contributed by atoms with Gasteiger partial charge in [0.1, 0.15) is 0 Å². The summed E-state index contributed by atoms with van der Waals surface area (Å²) < 4.78 is 12.5. The summed E-state index contributed by atoms with van der Waals surface area (Å²) in [5.41, 5.74) is 5.65. The second-order valence-corrected chi connectivity index (χ2v) is 11.8. The number of benzene rings is 2. The lowest BCUT2D eigenvalue weighted by Gasteiger charge is -2.38. The second kappa shape index (κ2) is 14.2. The molecule has 0 spiro atoms. The molecule has 1 heteroatoms. The molecule has 0 atom stereocenters. The van der Waals surface area contributed by atoms with Crippen LogP contribution in [0.2, 0.25) is 0 Å². The molecule has 2 aromatic carbocycles. The number of halogens is 1. The van der Waals surface area contributed by atoms with Gasteiger partial charge in [-0.25, -0.2) is 0 Å². The Morgan fingerprint density at radius 1 is 0.571 bits per heavy atom. The van der Waals surface area contributed by atoms with Crippen LogP contribution in [0.15, 0.2) is 48.5 Å². The molecule has 2 saturated carbocycles. The molecule has 192 valence electrons. The van der Waals surface area contributed by atoms with Crippen molar-refractivity contribution < 1.29 is 4.39 Å². The molecule has 0 aromatic heterocycles. The summed E-state index contributed by atoms with van der Waals surface area (Å²) in [7, 11) is 0. The van der Waals surface area contributed by atoms with Crippen molar-refractivity contribution in [3.8, 4) is 11.1 Å². The van der Waals surface area contributed by atoms with E-state index in [1.54, 1.807) is 0 Å². The Labute approximate surface area is 215 Å². The van der Waals surface area contributed by atoms with E-state index in [2.05, 4.69) is 55.5 Å². The Hall–Kier alpha value is -1.63. The van der Waals surface area contributed by atoms with Crippen molar-refractivity contribution >= 4 is 0 Å². The lowest BCUT2D eigenvalue weighted by Crippen LogP contribution is -2.26. The molecular weight excluding hydrogens is 427 g/mol. The monoisotopic (exact) mass is 476 g/mol. The third kappa shape index (κ3) is 8.19. The van der Waals surface area contributed by atoms with Gasteiger partial charge in [0.25, 0.3) is 0 Å². The van der Waals surface area contributed by atoms with E-state index in [0.717, 1.165) is 36.5 Å². The molecule has 2 aliphatic rings. The number of rotatable bonds is 12. The van der Waals surface area contributed by atoms with Gasteiger partial charge in [-0.05, 0) is 110 Å². The highest BCUT2D eigenvalue weighted by Gasteiger charge is 2.30. The fourth-order valence-electron chi connectivity index (χ4n) is 6.94. The van der Waals surface area contributed by atoms with Crippen molar-refractivity contribution in [1.82, 2.24) is 0 Å². The average molecular weight is 477 g/mol. The van der Waals surface area contributed by atoms with Gasteiger partial charge in [-0.1, -0.05) is 94.0 Å². The number of hydrogen-bond donors (Lipinski definition) is 0. The minimum absolute atomic E-state index is 0.124. The van der Waals surface area contributed by atoms with Gasteiger partial charge in [-0.15, -0.1) is 0 Å². The zero-order valence-corrected chi connectivity index (χ0v) is 22.3. The summed E-state index contributed by atoms with van der Waals surface area (Å²) >= 11 is 0. The first kappa shape index (κ1) is 26.4. The van der Waals surface area contributed by atoms with Gasteiger partial charge in [0.15, 0.2) is 0 Å². The van der Waals surface area contributed by atoms with Crippen molar-refractivity contribution in [1.29, 1.82) is 0 Å². The Bertz CT molecular complexity index is 820. The summed E-state index contributed by atoms with van der Waals surface area (Å²) in [5, 5.41) is 0. The lowest BCUT2D eigenvalue weighted by molar-refractivity contribution is 0.140. The summed E-state index contributed by atoms with van der Waals surface area (Å²) in [6.45, 7) is 2.14. The number of alkyl halides is 1. The van der Waals surface area contributed by atoms with Crippen LogP contribution in [-0.2, 0) is 12.8 Å². The van der Waals surface area contributed by atoms with Crippen molar-refractivity contribution in [2.24, 2.45) is 23.7 Å². The highest BCUT2D eigenvalue weighted by Crippen LogP contribution is 2.43. The number of unbranched alkanes of at least 4 members (excludes halogenated alkanes) is 2. The van der Waals surface area contributed by atoms with E-state index in [9.17, 15) is 4.39 Å². The first-order valence-electron chi connectivity index (χ1n) is 15.0. The van der Waals surface area contributed by atoms with E-state index in [1.807, 2.05) is 0 Å². The first-order valence-corrected chi connectivity index (χ1v) is 15.0. The van der Waals surface area contributed by atoms with E-state index < -0.39 is 0 Å². The van der Waals surface area contributed by atoms with Crippen LogP contribution in [0.25, 0.3) is 11.1 Å². The van der Waals surface area contributed by atoms with Gasteiger partial charge in [0, 0.05) is 0 Å². The molecule has 35 heavy (non-hydrogen) atoms. The summed E-state index contributed by atoms with van der Waals surface area (Å²) in [4.78, 5) is 0. The Morgan fingerprint density at radius 2 is 1.06 bits per heavy atom. The minimum atomic E-state index is -0.124. The molecule has 0 nitrogen and oxygen atoms in total. The molecule has 0 unspecified atom stereocenters. The fourth-order valence-corrected chi connectivity index (χ4v) is 6.94. The van der Waals surface area contributed by atoms with Gasteiger partial charge in [-0.3, -0.25) is 4.39 Å². The molecule has 0 amide bonds. The van der Waals surface area contributed by atoms with E-state index in [0.29, 0.717) is 0 Å². The van der Waals surface area contributed by atoms with Crippen molar-refractivity contribution in [3.63, 3.8) is 0 Å². The normalized spacial score (nSPS) is 25.0. The smallest absolute Gasteiger partial charge is 0.0894 e. The maximum Gasteiger partial charge on any atom is 0.0894 e. The average Bonchev–Trinajstić information content (AvgIpc) is 2.92. The van der Waals surface area contributed by atoms with Crippen LogP contribution in [-0.4, -0.2) is 6.67 Å². The molecule has 2 aromatic rings. The number of hydrogen-bond acceptors (Lipinski definition) is 0. The zero-order chi connectivity index (χ0) is 24.3. The first-order chi connectivity index (χ1) is 17.2. The second-order valence-electron chi connectivity index (χ2n) is 11.8. The van der Waals surface area contributed by atoms with E-state index >= 15 is 0 Å². The summed E-state index contributed by atoms with van der Waals surface area (Å²) in [5.74, 6) is 3.69. The van der Waals surface area contributed by atoms with Crippen LogP contribution in [0.3, 0.4) is 0 Å². The van der Waals surface area contributed by atoms with Crippen LogP contribution in [0.5, 0.6) is 0 Å². The molecular formula is C34H49F. The number of aryl methyl sites for hydroxylation is 2. The van der Waals surface area contributed by atoms with Crippen molar-refractivity contribution in [2.75, 3.05) is 6.67 Å². The lowest BCUT2D eigenvalue weighted by atomic mass is 9.68. The predicted octanol–water partition coefficient (Wildman–Crippen LogP) is 10.4. The highest BCUT2D eigenvalue weighted by molar-refractivity contribution is 5.64. The maximum atomic E-state index is 12.5. The fraction of sp³-hybridized carbons (Fsp3) is 0.647. The molecule has 0 radical (unpaired) electrons. The van der Waals surface area contributed by atoms with Crippen molar-refractivity contribution in [2.45, 2.75) is 110 Å². The zero-order valence-electron chi connectivity index (χ0n) is 22.3. The van der Waals surface area contributed by atoms with Crippen LogP contribution >= 0.6 is 0 Å². The molecule has 2 fully saturated rings. The third-order valence-corrected chi connectivity index (χ3v) is 9.35. The summed E-state index contributed by atoms with van der Waals surface area (Å²) in [6, 6.07) is 18.6. The van der Waals surface area contributed by atoms with Crippen molar-refractivity contribution in [3.05, 3.63) is 59.7 Å². The van der Waals surface area contributed by atoms with Gasteiger partial charge in [0.2, 0.25) is 0 Å². The largest absolute Gasteiger partial charge is 0.251 e. The SMILES string of the molecule is CCCCCc1ccc(-c2ccc(CC[C@H]3CC[C@H]([C@H]4CC[C@H](CCCF)CC4)CC3)cc2)cc1. The van der Waals surface area contributed by atoms with Gasteiger partial charge >= 0.3 is 0 Å². The van der Waals surface area contributed by atoms with Crippen LogP contribution < -0.4 is 0 Å². The van der Waals surface area contributed by atoms with Gasteiger partial charge in [0.05, 0.1) is 6.67 Å². The molecule has 4 rings (SSSR count). The van der Waals surface area contributed by atoms with Crippen LogP contribution in [0, 0.1) is 23.7 Å². The molecule has 0 aliphatic heterocycles. The quantitative estimate of drug-likeness (QED) is 0.267. The molecule has 0 N–H and O–H groups in total. The third-order valence-electron chi connectivity index (χ3n) is 9.35. The maximum absolute atomic E-state index is 12.5. The molecule has 0 heterocycles. The Morgan fingerprint density at radius 3 is 1.54 bits per heavy atom. The van der Waals surface area contributed by atoms with Gasteiger partial charge < -0.3 is 0 Å². The van der Waals surface area contributed by atoms with Gasteiger partial charge in [-0.2, -0.15) is 0 Å². The molecule has 2 aliphatic carbocycles. The minimum Gasteiger partial charge on any atom is -0.251 e. The highest BCUT2D eigenvalue weighted by atomic mass is 19.1. The molecule has 0 saturated heterocycles. The van der Waals surface area contributed by atoms with E-state index in [-0.39, 0.29) is 6.67 Å². The van der Waals surface area contributed by atoms with E-state index in [1.165, 1.54) is 112 Å². The van der Waals surface area contributed by atoms with E-state index in [4.69, 9.17) is 0 Å². The molecule has 0 bridgehead atoms. The Kier molecular flexibility index (Phi) is 10.7. The topological polar surface area (TPSA) is 0 Å². The van der Waals surface area contributed by atoms with Crippen LogP contribution in [0.1, 0.15) is 108 Å².